The van der Waals surface area contributed by atoms with Crippen molar-refractivity contribution in [1.82, 2.24) is 10.4 Å². The Morgan fingerprint density at radius 2 is 2.11 bits per heavy atom. The van der Waals surface area contributed by atoms with Crippen molar-refractivity contribution in [1.29, 1.82) is 0 Å². The minimum Gasteiger partial charge on any atom is -0.493 e. The topological polar surface area (TPSA) is 87.9 Å². The number of halogens is 1. The Kier molecular flexibility index (Phi) is 5.90. The number of allylic oxidation sites excluding steroid dienone is 2. The van der Waals surface area contributed by atoms with E-state index in [0.29, 0.717) is 11.5 Å². The van der Waals surface area contributed by atoms with E-state index in [1.54, 1.807) is 32.2 Å². The zero-order valence-corrected chi connectivity index (χ0v) is 16.8. The van der Waals surface area contributed by atoms with Crippen LogP contribution in [-0.2, 0) is 4.79 Å². The molecule has 0 bridgehead atoms. The van der Waals surface area contributed by atoms with Crippen LogP contribution in [0.2, 0.25) is 0 Å². The molecule has 0 fully saturated rings. The molecule has 2 aliphatic rings. The minimum absolute atomic E-state index is 0.0402. The Bertz CT molecular complexity index is 837. The number of nitrogens with one attached hydrogen (secondary N) is 1. The summed E-state index contributed by atoms with van der Waals surface area (Å²) in [6, 6.07) is 2.99. The highest BCUT2D eigenvalue weighted by molar-refractivity contribution is 9.10. The van der Waals surface area contributed by atoms with Gasteiger partial charge in [0, 0.05) is 0 Å². The summed E-state index contributed by atoms with van der Waals surface area (Å²) in [5, 5.41) is 14.0. The standard InChI is InChI=1S/C18H20BrN5O3/c1-11(24-15-7-5-4-6-14(15)21-23-24)18(25)22-20-10-12-8-13(19)17(27-3)16(9-12)26-2/h4-11,14-15H,1-3H3,(H,22,25). The van der Waals surface area contributed by atoms with Crippen LogP contribution >= 0.6 is 15.9 Å². The molecule has 1 aliphatic carbocycles. The molecule has 8 nitrogen and oxygen atoms in total. The number of fused-ring (bicyclic) bond motifs is 1. The number of methoxy groups -OCH3 is 2. The Morgan fingerprint density at radius 1 is 1.33 bits per heavy atom. The van der Waals surface area contributed by atoms with Gasteiger partial charge >= 0.3 is 0 Å². The zero-order valence-electron chi connectivity index (χ0n) is 15.2. The van der Waals surface area contributed by atoms with Gasteiger partial charge in [-0.1, -0.05) is 29.5 Å². The first-order chi connectivity index (χ1) is 13.0. The Morgan fingerprint density at radius 3 is 2.85 bits per heavy atom. The van der Waals surface area contributed by atoms with Gasteiger partial charge in [0.1, 0.15) is 12.1 Å². The van der Waals surface area contributed by atoms with Gasteiger partial charge < -0.3 is 9.47 Å². The first-order valence-electron chi connectivity index (χ1n) is 8.33. The quantitative estimate of drug-likeness (QED) is 0.551. The third kappa shape index (κ3) is 4.02. The Balaban J connectivity index is 1.64. The molecule has 3 rings (SSSR count). The molecule has 1 aromatic carbocycles. The van der Waals surface area contributed by atoms with Crippen molar-refractivity contribution in [2.24, 2.45) is 15.4 Å². The molecule has 3 atom stereocenters. The molecule has 0 saturated carbocycles. The van der Waals surface area contributed by atoms with Gasteiger partial charge in [-0.3, -0.25) is 9.80 Å². The van der Waals surface area contributed by atoms with Crippen molar-refractivity contribution >= 4 is 28.1 Å². The highest BCUT2D eigenvalue weighted by atomic mass is 79.9. The van der Waals surface area contributed by atoms with Crippen LogP contribution in [0.1, 0.15) is 12.5 Å². The Hall–Kier alpha value is -2.68. The maximum Gasteiger partial charge on any atom is 0.264 e. The van der Waals surface area contributed by atoms with Crippen LogP contribution in [0.3, 0.4) is 0 Å². The molecule has 142 valence electrons. The number of hydrogen-bond donors (Lipinski definition) is 1. The number of carbonyl (C=O) groups is 1. The smallest absolute Gasteiger partial charge is 0.264 e. The van der Waals surface area contributed by atoms with Crippen LogP contribution in [0.5, 0.6) is 11.5 Å². The van der Waals surface area contributed by atoms with Gasteiger partial charge in [-0.25, -0.2) is 5.43 Å². The van der Waals surface area contributed by atoms with Crippen LogP contribution in [0.15, 0.2) is 56.3 Å². The number of nitrogens with zero attached hydrogens (tertiary/aromatic N) is 4. The molecule has 1 heterocycles. The lowest BCUT2D eigenvalue weighted by atomic mass is 10.0. The predicted molar refractivity (Wildman–Crippen MR) is 105 cm³/mol. The number of amides is 1. The van der Waals surface area contributed by atoms with E-state index in [0.717, 1.165) is 10.0 Å². The highest BCUT2D eigenvalue weighted by Crippen LogP contribution is 2.35. The largest absolute Gasteiger partial charge is 0.493 e. The second kappa shape index (κ2) is 8.34. The SMILES string of the molecule is COc1cc(C=NNC(=O)C(C)N2N=NC3C=CC=CC32)cc(Br)c1OC. The van der Waals surface area contributed by atoms with Crippen LogP contribution in [0.4, 0.5) is 0 Å². The molecule has 1 amide bonds. The van der Waals surface area contributed by atoms with Crippen molar-refractivity contribution in [3.63, 3.8) is 0 Å². The predicted octanol–water partition coefficient (Wildman–Crippen LogP) is 2.85. The van der Waals surface area contributed by atoms with Crippen molar-refractivity contribution in [3.8, 4) is 11.5 Å². The lowest BCUT2D eigenvalue weighted by Gasteiger charge is -2.27. The summed E-state index contributed by atoms with van der Waals surface area (Å²) in [5.74, 6) is 0.887. The van der Waals surface area contributed by atoms with Crippen molar-refractivity contribution in [2.75, 3.05) is 14.2 Å². The van der Waals surface area contributed by atoms with E-state index in [1.807, 2.05) is 30.4 Å². The fraction of sp³-hybridized carbons (Fsp3) is 0.333. The van der Waals surface area contributed by atoms with E-state index in [-0.39, 0.29) is 18.0 Å². The third-order valence-electron chi connectivity index (χ3n) is 4.29. The fourth-order valence-electron chi connectivity index (χ4n) is 2.85. The molecule has 9 heteroatoms. The number of carbonyl (C=O) groups excluding carboxylic acids is 1. The van der Waals surface area contributed by atoms with E-state index in [9.17, 15) is 4.79 Å². The van der Waals surface area contributed by atoms with Crippen molar-refractivity contribution in [2.45, 2.75) is 25.0 Å². The molecule has 0 saturated heterocycles. The zero-order chi connectivity index (χ0) is 19.4. The molecule has 1 aromatic rings. The maximum absolute atomic E-state index is 12.4. The van der Waals surface area contributed by atoms with Crippen LogP contribution in [-0.4, -0.2) is 49.5 Å². The molecular weight excluding hydrogens is 414 g/mol. The number of ether oxygens (including phenoxy) is 2. The molecule has 1 N–H and O–H groups in total. The first-order valence-corrected chi connectivity index (χ1v) is 9.13. The highest BCUT2D eigenvalue weighted by Gasteiger charge is 2.35. The molecule has 3 unspecified atom stereocenters. The molecule has 27 heavy (non-hydrogen) atoms. The molecule has 1 aliphatic heterocycles. The lowest BCUT2D eigenvalue weighted by Crippen LogP contribution is -2.46. The van der Waals surface area contributed by atoms with E-state index >= 15 is 0 Å². The third-order valence-corrected chi connectivity index (χ3v) is 4.88. The summed E-state index contributed by atoms with van der Waals surface area (Å²) >= 11 is 3.42. The summed E-state index contributed by atoms with van der Waals surface area (Å²) in [4.78, 5) is 12.4. The van der Waals surface area contributed by atoms with Gasteiger partial charge in [0.25, 0.3) is 5.91 Å². The van der Waals surface area contributed by atoms with Crippen molar-refractivity contribution in [3.05, 3.63) is 46.5 Å². The summed E-state index contributed by atoms with van der Waals surface area (Å²) in [6.07, 6.45) is 9.35. The number of hydrazone groups is 1. The van der Waals surface area contributed by atoms with Gasteiger partial charge in [0.15, 0.2) is 11.5 Å². The number of rotatable bonds is 6. The summed E-state index contributed by atoms with van der Waals surface area (Å²) in [6.45, 7) is 1.77. The average molecular weight is 434 g/mol. The minimum atomic E-state index is -0.505. The van der Waals surface area contributed by atoms with Gasteiger partial charge in [0.05, 0.1) is 30.9 Å². The number of benzene rings is 1. The normalized spacial score (nSPS) is 21.4. The monoisotopic (exact) mass is 433 g/mol. The van der Waals surface area contributed by atoms with Crippen molar-refractivity contribution < 1.29 is 14.3 Å². The van der Waals surface area contributed by atoms with Gasteiger partial charge in [-0.15, -0.1) is 0 Å². The van der Waals surface area contributed by atoms with E-state index in [1.165, 1.54) is 6.21 Å². The van der Waals surface area contributed by atoms with E-state index in [2.05, 4.69) is 36.8 Å². The van der Waals surface area contributed by atoms with Gasteiger partial charge in [0.2, 0.25) is 0 Å². The fourth-order valence-corrected chi connectivity index (χ4v) is 3.47. The van der Waals surface area contributed by atoms with Gasteiger partial charge in [-0.2, -0.15) is 10.2 Å². The van der Waals surface area contributed by atoms with Crippen LogP contribution in [0, 0.1) is 0 Å². The maximum atomic E-state index is 12.4. The summed E-state index contributed by atoms with van der Waals surface area (Å²) in [5.41, 5.74) is 3.29. The first kappa shape index (κ1) is 19.1. The Labute approximate surface area is 165 Å². The molecule has 0 aromatic heterocycles. The van der Waals surface area contributed by atoms with E-state index in [4.69, 9.17) is 9.47 Å². The van der Waals surface area contributed by atoms with Crippen LogP contribution in [0.25, 0.3) is 0 Å². The number of hydrogen-bond acceptors (Lipinski definition) is 7. The van der Waals surface area contributed by atoms with E-state index < -0.39 is 6.04 Å². The summed E-state index contributed by atoms with van der Waals surface area (Å²) in [7, 11) is 3.12. The lowest BCUT2D eigenvalue weighted by molar-refractivity contribution is -0.126. The molecule has 0 radical (unpaired) electrons. The molecular formula is C18H20BrN5O3. The second-order valence-electron chi connectivity index (χ2n) is 5.98. The average Bonchev–Trinajstić information content (AvgIpc) is 3.10. The van der Waals surface area contributed by atoms with Gasteiger partial charge in [-0.05, 0) is 40.5 Å². The molecule has 0 spiro atoms. The summed E-state index contributed by atoms with van der Waals surface area (Å²) < 4.78 is 11.3. The second-order valence-corrected chi connectivity index (χ2v) is 6.84. The van der Waals surface area contributed by atoms with Crippen LogP contribution < -0.4 is 14.9 Å².